The fourth-order valence-electron chi connectivity index (χ4n) is 3.71. The Hall–Kier alpha value is -2.37. The molecule has 1 aliphatic rings. The maximum Gasteiger partial charge on any atom is 0.152 e. The fourth-order valence-corrected chi connectivity index (χ4v) is 3.84. The van der Waals surface area contributed by atoms with E-state index in [1.54, 1.807) is 0 Å². The lowest BCUT2D eigenvalue weighted by Gasteiger charge is -2.17. The lowest BCUT2D eigenvalue weighted by atomic mass is 9.85. The summed E-state index contributed by atoms with van der Waals surface area (Å²) in [6, 6.07) is 11.7. The molecule has 0 bridgehead atoms. The molecule has 2 atom stereocenters. The van der Waals surface area contributed by atoms with E-state index in [9.17, 15) is 9.59 Å². The van der Waals surface area contributed by atoms with E-state index < -0.39 is 5.92 Å². The van der Waals surface area contributed by atoms with Gasteiger partial charge in [-0.3, -0.25) is 9.59 Å². The Labute approximate surface area is 153 Å². The Morgan fingerprint density at radius 2 is 1.68 bits per heavy atom. The normalized spacial score (nSPS) is 19.9. The van der Waals surface area contributed by atoms with Gasteiger partial charge in [-0.1, -0.05) is 35.9 Å². The van der Waals surface area contributed by atoms with Crippen LogP contribution in [0, 0.1) is 32.1 Å². The molecule has 2 aromatic carbocycles. The molecule has 0 spiro atoms. The van der Waals surface area contributed by atoms with Gasteiger partial charge in [0.1, 0.15) is 11.7 Å². The molecule has 1 aliphatic carbocycles. The van der Waals surface area contributed by atoms with Crippen molar-refractivity contribution in [1.29, 1.82) is 0 Å². The number of terminal acetylenes is 1. The van der Waals surface area contributed by atoms with Crippen LogP contribution in [0.2, 0.25) is 5.02 Å². The van der Waals surface area contributed by atoms with Crippen molar-refractivity contribution in [2.45, 2.75) is 32.6 Å². The third kappa shape index (κ3) is 3.25. The van der Waals surface area contributed by atoms with E-state index >= 15 is 0 Å². The van der Waals surface area contributed by atoms with Gasteiger partial charge in [0, 0.05) is 23.8 Å². The molecule has 0 radical (unpaired) electrons. The summed E-state index contributed by atoms with van der Waals surface area (Å²) in [6.07, 6.45) is 5.92. The van der Waals surface area contributed by atoms with Crippen molar-refractivity contribution >= 4 is 23.2 Å². The van der Waals surface area contributed by atoms with E-state index in [1.807, 2.05) is 50.2 Å². The molecule has 1 unspecified atom stereocenters. The number of aryl methyl sites for hydroxylation is 2. The minimum atomic E-state index is -0.669. The van der Waals surface area contributed by atoms with Crippen LogP contribution in [0.25, 0.3) is 11.1 Å². The summed E-state index contributed by atoms with van der Waals surface area (Å²) in [5.41, 5.74) is 4.85. The van der Waals surface area contributed by atoms with E-state index in [1.165, 1.54) is 0 Å². The number of rotatable bonds is 3. The zero-order valence-electron chi connectivity index (χ0n) is 14.3. The Morgan fingerprint density at radius 1 is 1.08 bits per heavy atom. The fraction of sp³-hybridized carbons (Fsp3) is 0.273. The zero-order valence-corrected chi connectivity index (χ0v) is 15.1. The van der Waals surface area contributed by atoms with Crippen molar-refractivity contribution in [1.82, 2.24) is 0 Å². The summed E-state index contributed by atoms with van der Waals surface area (Å²) in [6.45, 7) is 3.91. The summed E-state index contributed by atoms with van der Waals surface area (Å²) >= 11 is 5.96. The first-order valence-corrected chi connectivity index (χ1v) is 8.67. The summed E-state index contributed by atoms with van der Waals surface area (Å²) < 4.78 is 0. The monoisotopic (exact) mass is 350 g/mol. The maximum atomic E-state index is 12.7. The van der Waals surface area contributed by atoms with Crippen LogP contribution in [0.5, 0.6) is 0 Å². The molecule has 0 aromatic heterocycles. The van der Waals surface area contributed by atoms with Crippen LogP contribution < -0.4 is 0 Å². The second-order valence-corrected chi connectivity index (χ2v) is 7.08. The summed E-state index contributed by atoms with van der Waals surface area (Å²) in [7, 11) is 0. The quantitative estimate of drug-likeness (QED) is 0.583. The van der Waals surface area contributed by atoms with Crippen LogP contribution in [0.4, 0.5) is 0 Å². The number of hydrogen-bond acceptors (Lipinski definition) is 2. The molecule has 1 fully saturated rings. The van der Waals surface area contributed by atoms with E-state index in [0.717, 1.165) is 27.8 Å². The van der Waals surface area contributed by atoms with Crippen LogP contribution in [0.3, 0.4) is 0 Å². The molecule has 1 saturated carbocycles. The van der Waals surface area contributed by atoms with Crippen LogP contribution in [0.1, 0.15) is 35.4 Å². The number of halogens is 1. The van der Waals surface area contributed by atoms with Crippen LogP contribution in [-0.2, 0) is 9.59 Å². The molecule has 126 valence electrons. The van der Waals surface area contributed by atoms with Gasteiger partial charge in [-0.05, 0) is 53.8 Å². The van der Waals surface area contributed by atoms with Gasteiger partial charge < -0.3 is 0 Å². The van der Waals surface area contributed by atoms with Gasteiger partial charge in [0.05, 0.1) is 0 Å². The molecule has 0 saturated heterocycles. The van der Waals surface area contributed by atoms with Crippen molar-refractivity contribution in [3.05, 3.63) is 58.1 Å². The summed E-state index contributed by atoms with van der Waals surface area (Å²) in [5.74, 6) is 1.46. The van der Waals surface area contributed by atoms with Gasteiger partial charge >= 0.3 is 0 Å². The van der Waals surface area contributed by atoms with E-state index in [4.69, 9.17) is 18.0 Å². The van der Waals surface area contributed by atoms with Gasteiger partial charge in [0.15, 0.2) is 5.78 Å². The minimum absolute atomic E-state index is 0.0179. The van der Waals surface area contributed by atoms with Crippen molar-refractivity contribution in [2.75, 3.05) is 0 Å². The van der Waals surface area contributed by atoms with E-state index in [0.29, 0.717) is 11.4 Å². The highest BCUT2D eigenvalue weighted by molar-refractivity contribution is 6.30. The Bertz CT molecular complexity index is 864. The molecule has 0 aliphatic heterocycles. The Morgan fingerprint density at radius 3 is 2.24 bits per heavy atom. The van der Waals surface area contributed by atoms with Crippen LogP contribution >= 0.6 is 11.6 Å². The number of carbonyl (C=O) groups is 2. The molecular formula is C22H19ClO2. The average molecular weight is 351 g/mol. The number of carbonyl (C=O) groups excluding carboxylic acids is 2. The highest BCUT2D eigenvalue weighted by Gasteiger charge is 2.42. The first-order valence-electron chi connectivity index (χ1n) is 8.29. The first kappa shape index (κ1) is 17.5. The lowest BCUT2D eigenvalue weighted by molar-refractivity contribution is -0.124. The lowest BCUT2D eigenvalue weighted by Crippen LogP contribution is -2.17. The minimum Gasteiger partial charge on any atom is -0.298 e. The Kier molecular flexibility index (Phi) is 4.79. The standard InChI is InChI=1S/C22H19ClO2/c1-4-5-16-12-19(24)21(22(16)25)20-13(2)10-17(11-14(20)3)15-6-8-18(23)9-7-15/h1,6-11,16,21H,5,12H2,2-3H3/t16-,21?/m1/s1. The second kappa shape index (κ2) is 6.86. The van der Waals surface area contributed by atoms with E-state index in [-0.39, 0.29) is 23.9 Å². The van der Waals surface area contributed by atoms with Gasteiger partial charge in [0.25, 0.3) is 0 Å². The SMILES string of the molecule is C#CC[C@@H]1CC(=O)C(c2c(C)cc(-c3ccc(Cl)cc3)cc2C)C1=O. The molecule has 2 aromatic rings. The Balaban J connectivity index is 2.01. The van der Waals surface area contributed by atoms with Crippen molar-refractivity contribution in [3.8, 4) is 23.5 Å². The molecule has 0 amide bonds. The maximum absolute atomic E-state index is 12.7. The van der Waals surface area contributed by atoms with Crippen LogP contribution in [0.15, 0.2) is 36.4 Å². The van der Waals surface area contributed by atoms with Crippen LogP contribution in [-0.4, -0.2) is 11.6 Å². The third-order valence-corrected chi connectivity index (χ3v) is 5.13. The summed E-state index contributed by atoms with van der Waals surface area (Å²) in [5, 5.41) is 0.690. The number of Topliss-reactive ketones (excluding diaryl/α,β-unsaturated/α-hetero) is 2. The smallest absolute Gasteiger partial charge is 0.152 e. The topological polar surface area (TPSA) is 34.1 Å². The third-order valence-electron chi connectivity index (χ3n) is 4.88. The molecule has 25 heavy (non-hydrogen) atoms. The summed E-state index contributed by atoms with van der Waals surface area (Å²) in [4.78, 5) is 25.1. The molecule has 0 heterocycles. The molecule has 3 rings (SSSR count). The van der Waals surface area contributed by atoms with Gasteiger partial charge in [-0.15, -0.1) is 12.3 Å². The van der Waals surface area contributed by atoms with E-state index in [2.05, 4.69) is 5.92 Å². The highest BCUT2D eigenvalue weighted by Crippen LogP contribution is 2.38. The van der Waals surface area contributed by atoms with Gasteiger partial charge in [-0.25, -0.2) is 0 Å². The second-order valence-electron chi connectivity index (χ2n) is 6.64. The van der Waals surface area contributed by atoms with Crippen molar-refractivity contribution in [2.24, 2.45) is 5.92 Å². The van der Waals surface area contributed by atoms with Gasteiger partial charge in [0.2, 0.25) is 0 Å². The molecule has 3 heteroatoms. The van der Waals surface area contributed by atoms with Crippen molar-refractivity contribution < 1.29 is 9.59 Å². The number of benzene rings is 2. The average Bonchev–Trinajstić information content (AvgIpc) is 2.83. The van der Waals surface area contributed by atoms with Crippen molar-refractivity contribution in [3.63, 3.8) is 0 Å². The predicted molar refractivity (Wildman–Crippen MR) is 101 cm³/mol. The number of hydrogen-bond donors (Lipinski definition) is 0. The largest absolute Gasteiger partial charge is 0.298 e. The molecular weight excluding hydrogens is 332 g/mol. The highest BCUT2D eigenvalue weighted by atomic mass is 35.5. The molecule has 0 N–H and O–H groups in total. The molecule has 2 nitrogen and oxygen atoms in total. The van der Waals surface area contributed by atoms with Gasteiger partial charge in [-0.2, -0.15) is 0 Å². The number of ketones is 2. The zero-order chi connectivity index (χ0) is 18.1. The predicted octanol–water partition coefficient (Wildman–Crippen LogP) is 4.89. The first-order chi connectivity index (χ1) is 11.9.